The molecular weight excluding hydrogens is 552 g/mol. The van der Waals surface area contributed by atoms with E-state index in [-0.39, 0.29) is 25.8 Å². The number of hydrogen-bond acceptors (Lipinski definition) is 9. The van der Waals surface area contributed by atoms with Gasteiger partial charge in [-0.1, -0.05) is 117 Å². The van der Waals surface area contributed by atoms with Crippen LogP contribution in [0.5, 0.6) is 0 Å². The van der Waals surface area contributed by atoms with Crippen molar-refractivity contribution in [3.8, 4) is 0 Å². The van der Waals surface area contributed by atoms with Crippen molar-refractivity contribution in [2.45, 2.75) is 174 Å². The summed E-state index contributed by atoms with van der Waals surface area (Å²) in [5.74, 6) is -1.26. The fourth-order valence-electron chi connectivity index (χ4n) is 5.24. The SMILES string of the molecule is CCCCCCCCCCCCCCCCCC(=O)OCC(COC1OC(COC(C)=O)C(O)C(O)C1C)OCCCC. The first-order valence-electron chi connectivity index (χ1n) is 17.3. The highest BCUT2D eigenvalue weighted by Crippen LogP contribution is 2.27. The van der Waals surface area contributed by atoms with Crippen molar-refractivity contribution >= 4 is 11.9 Å². The summed E-state index contributed by atoms with van der Waals surface area (Å²) >= 11 is 0. The molecule has 254 valence electrons. The van der Waals surface area contributed by atoms with E-state index in [2.05, 4.69) is 13.8 Å². The van der Waals surface area contributed by atoms with Crippen LogP contribution in [-0.2, 0) is 33.3 Å². The monoisotopic (exact) mass is 616 g/mol. The number of ether oxygens (including phenoxy) is 5. The first-order chi connectivity index (χ1) is 20.8. The van der Waals surface area contributed by atoms with Crippen LogP contribution in [0, 0.1) is 5.92 Å². The van der Waals surface area contributed by atoms with Crippen molar-refractivity contribution in [2.24, 2.45) is 5.92 Å². The molecule has 0 bridgehead atoms. The maximum atomic E-state index is 12.4. The van der Waals surface area contributed by atoms with Gasteiger partial charge in [-0.25, -0.2) is 0 Å². The first-order valence-corrected chi connectivity index (χ1v) is 17.3. The normalized spacial score (nSPS) is 22.8. The third-order valence-electron chi connectivity index (χ3n) is 8.17. The quantitative estimate of drug-likeness (QED) is 0.0773. The van der Waals surface area contributed by atoms with E-state index in [1.165, 1.54) is 84.0 Å². The maximum Gasteiger partial charge on any atom is 0.305 e. The minimum atomic E-state index is -1.20. The van der Waals surface area contributed by atoms with Gasteiger partial charge in [0.15, 0.2) is 6.29 Å². The molecule has 0 amide bonds. The zero-order chi connectivity index (χ0) is 31.7. The summed E-state index contributed by atoms with van der Waals surface area (Å²) in [4.78, 5) is 23.6. The average Bonchev–Trinajstić information content (AvgIpc) is 2.99. The van der Waals surface area contributed by atoms with Crippen molar-refractivity contribution in [3.63, 3.8) is 0 Å². The molecule has 1 aliphatic rings. The lowest BCUT2D eigenvalue weighted by molar-refractivity contribution is -0.288. The van der Waals surface area contributed by atoms with Crippen molar-refractivity contribution in [1.82, 2.24) is 0 Å². The standard InChI is InChI=1S/C34H64O9/c1-5-7-9-10-11-12-13-14-15-16-17-18-19-20-21-22-31(36)41-24-29(39-23-8-6-2)25-42-34-27(3)32(37)33(38)30(43-34)26-40-28(4)35/h27,29-30,32-34,37-38H,5-26H2,1-4H3. The number of carbonyl (C=O) groups excluding carboxylic acids is 2. The van der Waals surface area contributed by atoms with Crippen LogP contribution in [0.4, 0.5) is 0 Å². The molecule has 43 heavy (non-hydrogen) atoms. The van der Waals surface area contributed by atoms with E-state index in [1.54, 1.807) is 6.92 Å². The molecule has 6 unspecified atom stereocenters. The summed E-state index contributed by atoms with van der Waals surface area (Å²) in [6.07, 6.45) is 16.9. The van der Waals surface area contributed by atoms with Gasteiger partial charge in [0.25, 0.3) is 0 Å². The lowest BCUT2D eigenvalue weighted by Crippen LogP contribution is -2.56. The summed E-state index contributed by atoms with van der Waals surface area (Å²) in [6, 6.07) is 0. The molecule has 0 spiro atoms. The van der Waals surface area contributed by atoms with Gasteiger partial charge in [0, 0.05) is 25.9 Å². The molecule has 1 aliphatic heterocycles. The highest BCUT2D eigenvalue weighted by atomic mass is 16.7. The molecule has 0 aromatic rings. The first kappa shape index (κ1) is 39.8. The number of carbonyl (C=O) groups is 2. The van der Waals surface area contributed by atoms with Crippen LogP contribution >= 0.6 is 0 Å². The molecule has 6 atom stereocenters. The third kappa shape index (κ3) is 19.7. The van der Waals surface area contributed by atoms with Gasteiger partial charge >= 0.3 is 11.9 Å². The van der Waals surface area contributed by atoms with E-state index in [1.807, 2.05) is 0 Å². The molecular formula is C34H64O9. The maximum absolute atomic E-state index is 12.4. The predicted molar refractivity (Wildman–Crippen MR) is 168 cm³/mol. The Morgan fingerprint density at radius 3 is 1.79 bits per heavy atom. The van der Waals surface area contributed by atoms with Crippen LogP contribution in [0.15, 0.2) is 0 Å². The van der Waals surface area contributed by atoms with E-state index >= 15 is 0 Å². The third-order valence-corrected chi connectivity index (χ3v) is 8.17. The van der Waals surface area contributed by atoms with Crippen molar-refractivity contribution < 1.29 is 43.5 Å². The molecule has 0 saturated carbocycles. The van der Waals surface area contributed by atoms with Crippen molar-refractivity contribution in [3.05, 3.63) is 0 Å². The van der Waals surface area contributed by atoms with Gasteiger partial charge < -0.3 is 33.9 Å². The van der Waals surface area contributed by atoms with Gasteiger partial charge in [0.1, 0.15) is 31.5 Å². The Morgan fingerprint density at radius 1 is 0.721 bits per heavy atom. The second-order valence-electron chi connectivity index (χ2n) is 12.2. The molecule has 1 fully saturated rings. The Morgan fingerprint density at radius 2 is 1.26 bits per heavy atom. The lowest BCUT2D eigenvalue weighted by Gasteiger charge is -2.41. The number of esters is 2. The molecule has 0 aromatic carbocycles. The highest BCUT2D eigenvalue weighted by Gasteiger charge is 2.43. The van der Waals surface area contributed by atoms with Gasteiger partial charge in [-0.3, -0.25) is 9.59 Å². The molecule has 1 heterocycles. The van der Waals surface area contributed by atoms with Crippen LogP contribution in [0.1, 0.15) is 143 Å². The van der Waals surface area contributed by atoms with Crippen molar-refractivity contribution in [2.75, 3.05) is 26.4 Å². The van der Waals surface area contributed by atoms with E-state index in [0.29, 0.717) is 13.0 Å². The summed E-state index contributed by atoms with van der Waals surface area (Å²) in [5.41, 5.74) is 0. The van der Waals surface area contributed by atoms with Crippen LogP contribution in [0.25, 0.3) is 0 Å². The molecule has 1 saturated heterocycles. The minimum absolute atomic E-state index is 0.0739. The average molecular weight is 617 g/mol. The molecule has 0 aliphatic carbocycles. The second kappa shape index (κ2) is 26.0. The van der Waals surface area contributed by atoms with Gasteiger partial charge in [0.05, 0.1) is 12.7 Å². The van der Waals surface area contributed by atoms with E-state index in [4.69, 9.17) is 23.7 Å². The zero-order valence-corrected chi connectivity index (χ0v) is 27.8. The van der Waals surface area contributed by atoms with Gasteiger partial charge in [-0.05, 0) is 12.8 Å². The fraction of sp³-hybridized carbons (Fsp3) is 0.941. The van der Waals surface area contributed by atoms with Crippen LogP contribution in [0.2, 0.25) is 0 Å². The van der Waals surface area contributed by atoms with Crippen LogP contribution in [-0.4, -0.2) is 79.3 Å². The number of aliphatic hydroxyl groups excluding tert-OH is 2. The van der Waals surface area contributed by atoms with Gasteiger partial charge in [0.2, 0.25) is 0 Å². The Labute approximate surface area is 261 Å². The second-order valence-corrected chi connectivity index (χ2v) is 12.2. The zero-order valence-electron chi connectivity index (χ0n) is 27.8. The summed E-state index contributed by atoms with van der Waals surface area (Å²) in [7, 11) is 0. The summed E-state index contributed by atoms with van der Waals surface area (Å²) in [6.45, 7) is 7.80. The van der Waals surface area contributed by atoms with E-state index in [0.717, 1.165) is 32.1 Å². The Balaban J connectivity index is 2.23. The van der Waals surface area contributed by atoms with Crippen LogP contribution in [0.3, 0.4) is 0 Å². The van der Waals surface area contributed by atoms with Gasteiger partial charge in [-0.2, -0.15) is 0 Å². The topological polar surface area (TPSA) is 121 Å². The van der Waals surface area contributed by atoms with E-state index < -0.39 is 42.6 Å². The molecule has 2 N–H and O–H groups in total. The summed E-state index contributed by atoms with van der Waals surface area (Å²) < 4.78 is 28.1. The molecule has 9 heteroatoms. The molecule has 1 rings (SSSR count). The molecule has 0 radical (unpaired) electrons. The van der Waals surface area contributed by atoms with Gasteiger partial charge in [-0.15, -0.1) is 0 Å². The number of hydrogen-bond donors (Lipinski definition) is 2. The Kier molecular flexibility index (Phi) is 24.0. The van der Waals surface area contributed by atoms with E-state index in [9.17, 15) is 19.8 Å². The smallest absolute Gasteiger partial charge is 0.305 e. The number of rotatable bonds is 27. The predicted octanol–water partition coefficient (Wildman–Crippen LogP) is 6.64. The van der Waals surface area contributed by atoms with Crippen molar-refractivity contribution in [1.29, 1.82) is 0 Å². The fourth-order valence-corrected chi connectivity index (χ4v) is 5.24. The Hall–Kier alpha value is -1.26. The highest BCUT2D eigenvalue weighted by molar-refractivity contribution is 5.69. The molecule has 9 nitrogen and oxygen atoms in total. The lowest BCUT2D eigenvalue weighted by atomic mass is 9.92. The molecule has 0 aromatic heterocycles. The number of aliphatic hydroxyl groups is 2. The minimum Gasteiger partial charge on any atom is -0.463 e. The Bertz CT molecular complexity index is 689. The number of unbranched alkanes of at least 4 members (excludes halogenated alkanes) is 15. The largest absolute Gasteiger partial charge is 0.463 e. The van der Waals surface area contributed by atoms with Crippen LogP contribution < -0.4 is 0 Å². The summed E-state index contributed by atoms with van der Waals surface area (Å²) in [5, 5.41) is 20.8.